The average molecular weight is 174 g/mol. The van der Waals surface area contributed by atoms with Crippen LogP contribution in [0.5, 0.6) is 0 Å². The van der Waals surface area contributed by atoms with E-state index in [4.69, 9.17) is 4.42 Å². The Labute approximate surface area is 76.2 Å². The molecule has 0 radical (unpaired) electrons. The Bertz CT molecular complexity index is 382. The van der Waals surface area contributed by atoms with Gasteiger partial charge in [-0.25, -0.2) is 0 Å². The first-order chi connectivity index (χ1) is 6.40. The van der Waals surface area contributed by atoms with Crippen molar-refractivity contribution in [2.45, 2.75) is 12.8 Å². The molecule has 2 aromatic rings. The van der Waals surface area contributed by atoms with Gasteiger partial charge in [0.05, 0.1) is 0 Å². The molecular weight excluding hydrogens is 164 g/mol. The monoisotopic (exact) mass is 174 g/mol. The van der Waals surface area contributed by atoms with E-state index in [2.05, 4.69) is 0 Å². The van der Waals surface area contributed by atoms with Crippen molar-refractivity contribution in [2.75, 3.05) is 0 Å². The summed E-state index contributed by atoms with van der Waals surface area (Å²) in [6.45, 7) is 0. The van der Waals surface area contributed by atoms with Gasteiger partial charge in [-0.15, -0.1) is 0 Å². The van der Waals surface area contributed by atoms with Crippen LogP contribution in [0.25, 0.3) is 11.0 Å². The molecule has 1 aromatic carbocycles. The van der Waals surface area contributed by atoms with Crippen LogP contribution in [0.15, 0.2) is 34.7 Å². The van der Waals surface area contributed by atoms with Crippen LogP contribution in [-0.2, 0) is 11.2 Å². The van der Waals surface area contributed by atoms with E-state index >= 15 is 0 Å². The second kappa shape index (κ2) is 3.44. The van der Waals surface area contributed by atoms with Crippen LogP contribution in [0, 0.1) is 0 Å². The minimum atomic E-state index is 0.528. The molecular formula is C11H10O2. The molecule has 0 aliphatic carbocycles. The molecule has 0 unspecified atom stereocenters. The van der Waals surface area contributed by atoms with Crippen molar-refractivity contribution < 1.29 is 9.21 Å². The van der Waals surface area contributed by atoms with E-state index in [-0.39, 0.29) is 0 Å². The Kier molecular flexibility index (Phi) is 2.13. The van der Waals surface area contributed by atoms with E-state index in [9.17, 15) is 4.79 Å². The number of rotatable bonds is 3. The van der Waals surface area contributed by atoms with Gasteiger partial charge in [0, 0.05) is 18.2 Å². The first-order valence-electron chi connectivity index (χ1n) is 4.31. The van der Waals surface area contributed by atoms with Gasteiger partial charge in [0.15, 0.2) is 0 Å². The summed E-state index contributed by atoms with van der Waals surface area (Å²) in [5.74, 6) is 0.883. The number of furan rings is 1. The molecule has 2 nitrogen and oxygen atoms in total. The van der Waals surface area contributed by atoms with Crippen molar-refractivity contribution in [2.24, 2.45) is 0 Å². The first kappa shape index (κ1) is 8.05. The summed E-state index contributed by atoms with van der Waals surface area (Å²) in [6, 6.07) is 9.83. The maximum atomic E-state index is 10.2. The average Bonchev–Trinajstić information content (AvgIpc) is 2.57. The van der Waals surface area contributed by atoms with E-state index in [0.29, 0.717) is 12.8 Å². The van der Waals surface area contributed by atoms with Gasteiger partial charge in [-0.1, -0.05) is 18.2 Å². The third-order valence-electron chi connectivity index (χ3n) is 1.99. The van der Waals surface area contributed by atoms with Crippen LogP contribution in [0.1, 0.15) is 12.2 Å². The Morgan fingerprint density at radius 3 is 2.92 bits per heavy atom. The molecule has 0 aliphatic heterocycles. The van der Waals surface area contributed by atoms with Gasteiger partial charge in [0.1, 0.15) is 17.6 Å². The lowest BCUT2D eigenvalue weighted by molar-refractivity contribution is -0.107. The summed E-state index contributed by atoms with van der Waals surface area (Å²) in [4.78, 5) is 10.2. The topological polar surface area (TPSA) is 30.2 Å². The minimum absolute atomic E-state index is 0.528. The Morgan fingerprint density at radius 1 is 1.31 bits per heavy atom. The summed E-state index contributed by atoms with van der Waals surface area (Å²) in [7, 11) is 0. The van der Waals surface area contributed by atoms with Gasteiger partial charge in [-0.05, 0) is 12.1 Å². The maximum absolute atomic E-state index is 10.2. The van der Waals surface area contributed by atoms with Crippen molar-refractivity contribution >= 4 is 17.3 Å². The van der Waals surface area contributed by atoms with Crippen LogP contribution in [0.2, 0.25) is 0 Å². The van der Waals surface area contributed by atoms with Gasteiger partial charge in [0.25, 0.3) is 0 Å². The summed E-state index contributed by atoms with van der Waals surface area (Å²) >= 11 is 0. The molecule has 13 heavy (non-hydrogen) atoms. The highest BCUT2D eigenvalue weighted by molar-refractivity contribution is 5.77. The van der Waals surface area contributed by atoms with E-state index < -0.39 is 0 Å². The molecule has 0 fully saturated rings. The van der Waals surface area contributed by atoms with Gasteiger partial charge in [0.2, 0.25) is 0 Å². The van der Waals surface area contributed by atoms with E-state index in [1.165, 1.54) is 0 Å². The molecule has 0 N–H and O–H groups in total. The lowest BCUT2D eigenvalue weighted by Gasteiger charge is -1.87. The summed E-state index contributed by atoms with van der Waals surface area (Å²) in [5, 5.41) is 1.10. The fourth-order valence-electron chi connectivity index (χ4n) is 1.36. The van der Waals surface area contributed by atoms with Crippen molar-refractivity contribution in [1.29, 1.82) is 0 Å². The molecule has 2 heteroatoms. The third-order valence-corrected chi connectivity index (χ3v) is 1.99. The molecule has 0 bridgehead atoms. The highest BCUT2D eigenvalue weighted by Gasteiger charge is 2.01. The van der Waals surface area contributed by atoms with Crippen molar-refractivity contribution in [3.63, 3.8) is 0 Å². The summed E-state index contributed by atoms with van der Waals surface area (Å²) in [6.07, 6.45) is 2.13. The number of benzene rings is 1. The van der Waals surface area contributed by atoms with E-state index in [1.54, 1.807) is 0 Å². The van der Waals surface area contributed by atoms with Gasteiger partial charge < -0.3 is 9.21 Å². The minimum Gasteiger partial charge on any atom is -0.461 e. The van der Waals surface area contributed by atoms with Crippen molar-refractivity contribution in [3.05, 3.63) is 36.1 Å². The third kappa shape index (κ3) is 1.61. The molecule has 0 saturated heterocycles. The quantitative estimate of drug-likeness (QED) is 0.669. The van der Waals surface area contributed by atoms with Crippen LogP contribution < -0.4 is 0 Å². The second-order valence-corrected chi connectivity index (χ2v) is 2.96. The van der Waals surface area contributed by atoms with Gasteiger partial charge in [-0.3, -0.25) is 0 Å². The highest BCUT2D eigenvalue weighted by Crippen LogP contribution is 2.19. The zero-order valence-electron chi connectivity index (χ0n) is 7.19. The lowest BCUT2D eigenvalue weighted by atomic mass is 10.2. The zero-order chi connectivity index (χ0) is 9.10. The number of para-hydroxylation sites is 1. The second-order valence-electron chi connectivity index (χ2n) is 2.96. The smallest absolute Gasteiger partial charge is 0.134 e. The zero-order valence-corrected chi connectivity index (χ0v) is 7.19. The fraction of sp³-hybridized carbons (Fsp3) is 0.182. The van der Waals surface area contributed by atoms with Crippen LogP contribution in [0.4, 0.5) is 0 Å². The molecule has 0 amide bonds. The van der Waals surface area contributed by atoms with Crippen molar-refractivity contribution in [1.82, 2.24) is 0 Å². The van der Waals surface area contributed by atoms with Crippen LogP contribution in [0.3, 0.4) is 0 Å². The molecule has 0 saturated carbocycles. The van der Waals surface area contributed by atoms with Gasteiger partial charge >= 0.3 is 0 Å². The predicted molar refractivity (Wildman–Crippen MR) is 50.6 cm³/mol. The number of carbonyl (C=O) groups is 1. The molecule has 0 aliphatic rings. The van der Waals surface area contributed by atoms with Crippen molar-refractivity contribution in [3.8, 4) is 0 Å². The molecule has 0 atom stereocenters. The SMILES string of the molecule is O=CCCc1cc2ccccc2o1. The normalized spacial score (nSPS) is 10.5. The standard InChI is InChI=1S/C11H10O2/c12-7-3-5-10-8-9-4-1-2-6-11(9)13-10/h1-2,4,6-8H,3,5H2. The Morgan fingerprint density at radius 2 is 2.15 bits per heavy atom. The van der Waals surface area contributed by atoms with E-state index in [0.717, 1.165) is 23.0 Å². The number of aldehydes is 1. The molecule has 2 rings (SSSR count). The molecule has 1 heterocycles. The van der Waals surface area contributed by atoms with Gasteiger partial charge in [-0.2, -0.15) is 0 Å². The van der Waals surface area contributed by atoms with E-state index in [1.807, 2.05) is 30.3 Å². The molecule has 1 aromatic heterocycles. The largest absolute Gasteiger partial charge is 0.461 e. The number of hydrogen-bond donors (Lipinski definition) is 0. The predicted octanol–water partition coefficient (Wildman–Crippen LogP) is 2.56. The summed E-state index contributed by atoms with van der Waals surface area (Å²) < 4.78 is 5.51. The fourth-order valence-corrected chi connectivity index (χ4v) is 1.36. The maximum Gasteiger partial charge on any atom is 0.134 e. The molecule has 66 valence electrons. The van der Waals surface area contributed by atoms with Crippen LogP contribution >= 0.6 is 0 Å². The van der Waals surface area contributed by atoms with Crippen LogP contribution in [-0.4, -0.2) is 6.29 Å². The molecule has 0 spiro atoms. The highest BCUT2D eigenvalue weighted by atomic mass is 16.3. The Balaban J connectivity index is 2.32. The number of hydrogen-bond acceptors (Lipinski definition) is 2. The summed E-state index contributed by atoms with van der Waals surface area (Å²) in [5.41, 5.74) is 0.892. The first-order valence-corrected chi connectivity index (χ1v) is 4.31. The number of fused-ring (bicyclic) bond motifs is 1. The Hall–Kier alpha value is -1.57. The number of carbonyl (C=O) groups excluding carboxylic acids is 1. The number of aryl methyl sites for hydroxylation is 1. The lowest BCUT2D eigenvalue weighted by Crippen LogP contribution is -1.80.